The third-order valence-corrected chi connectivity index (χ3v) is 5.83. The molecule has 2 aliphatic rings. The Kier molecular flexibility index (Phi) is 3.54. The molecule has 8 nitrogen and oxygen atoms in total. The van der Waals surface area contributed by atoms with Crippen LogP contribution in [0.5, 0.6) is 5.75 Å². The van der Waals surface area contributed by atoms with Crippen LogP contribution < -0.4 is 4.74 Å². The van der Waals surface area contributed by atoms with Gasteiger partial charge in [-0.1, -0.05) is 0 Å². The lowest BCUT2D eigenvalue weighted by Gasteiger charge is -2.17. The van der Waals surface area contributed by atoms with Gasteiger partial charge in [0.15, 0.2) is 0 Å². The molecule has 1 aromatic rings. The van der Waals surface area contributed by atoms with Crippen molar-refractivity contribution in [3.63, 3.8) is 0 Å². The van der Waals surface area contributed by atoms with Gasteiger partial charge in [0.05, 0.1) is 23.6 Å². The zero-order valence-electron chi connectivity index (χ0n) is 11.7. The van der Waals surface area contributed by atoms with E-state index in [4.69, 9.17) is 4.74 Å². The van der Waals surface area contributed by atoms with Gasteiger partial charge in [0.1, 0.15) is 17.7 Å². The summed E-state index contributed by atoms with van der Waals surface area (Å²) >= 11 is 0. The predicted molar refractivity (Wildman–Crippen MR) is 74.1 cm³/mol. The smallest absolute Gasteiger partial charge is 0.282 e. The number of benzene rings is 1. The quantitative estimate of drug-likeness (QED) is 0.602. The van der Waals surface area contributed by atoms with Crippen molar-refractivity contribution in [1.29, 1.82) is 0 Å². The number of rotatable bonds is 3. The average molecular weight is 331 g/mol. The minimum Gasteiger partial charge on any atom is -0.489 e. The molecule has 2 fully saturated rings. The van der Waals surface area contributed by atoms with Crippen molar-refractivity contribution in [2.75, 3.05) is 20.1 Å². The summed E-state index contributed by atoms with van der Waals surface area (Å²) in [6, 6.07) is 2.81. The molecular formula is C12H14FN3O5S. The first-order valence-electron chi connectivity index (χ1n) is 6.62. The number of hydrogen-bond donors (Lipinski definition) is 0. The van der Waals surface area contributed by atoms with E-state index in [-0.39, 0.29) is 18.3 Å². The van der Waals surface area contributed by atoms with Crippen molar-refractivity contribution in [3.8, 4) is 5.75 Å². The molecule has 0 radical (unpaired) electrons. The fraction of sp³-hybridized carbons (Fsp3) is 0.500. The van der Waals surface area contributed by atoms with Crippen LogP contribution in [0.1, 0.15) is 6.42 Å². The van der Waals surface area contributed by atoms with Crippen molar-refractivity contribution >= 4 is 15.9 Å². The van der Waals surface area contributed by atoms with Gasteiger partial charge < -0.3 is 4.74 Å². The summed E-state index contributed by atoms with van der Waals surface area (Å²) in [7, 11) is -1.94. The topological polar surface area (TPSA) is 93.0 Å². The monoisotopic (exact) mass is 331 g/mol. The van der Waals surface area contributed by atoms with Gasteiger partial charge in [-0.05, 0) is 0 Å². The minimum absolute atomic E-state index is 0.0311. The zero-order chi connectivity index (χ0) is 16.1. The highest BCUT2D eigenvalue weighted by Gasteiger charge is 2.48. The number of likely N-dealkylation sites (N-methyl/N-ethyl adjacent to an activating group) is 1. The highest BCUT2D eigenvalue weighted by atomic mass is 32.2. The predicted octanol–water partition coefficient (Wildman–Crippen LogP) is 0.746. The van der Waals surface area contributed by atoms with Crippen LogP contribution in [-0.2, 0) is 10.2 Å². The molecule has 0 saturated carbocycles. The Morgan fingerprint density at radius 2 is 2.09 bits per heavy atom. The van der Waals surface area contributed by atoms with E-state index in [1.54, 1.807) is 0 Å². The standard InChI is InChI=1S/C12H14FN3O5S/c1-14-6-10-5-12(7-15(10)22(14,19)20)21-11-3-8(13)2-9(4-11)16(17)18/h2-4,10,12H,5-7H2,1H3/t10-,12?/m0/s1. The molecule has 120 valence electrons. The Morgan fingerprint density at radius 3 is 2.73 bits per heavy atom. The first-order valence-corrected chi connectivity index (χ1v) is 8.02. The van der Waals surface area contributed by atoms with E-state index in [0.717, 1.165) is 18.2 Å². The molecule has 22 heavy (non-hydrogen) atoms. The largest absolute Gasteiger partial charge is 0.489 e. The van der Waals surface area contributed by atoms with E-state index in [1.807, 2.05) is 0 Å². The van der Waals surface area contributed by atoms with Gasteiger partial charge in [-0.15, -0.1) is 0 Å². The maximum atomic E-state index is 13.4. The SMILES string of the molecule is CN1C[C@@H]2CC(Oc3cc(F)cc([N+](=O)[O-])c3)CN2S1(=O)=O. The third-order valence-electron chi connectivity index (χ3n) is 3.85. The summed E-state index contributed by atoms with van der Waals surface area (Å²) in [5, 5.41) is 10.7. The Hall–Kier alpha value is -1.78. The first kappa shape index (κ1) is 15.1. The minimum atomic E-state index is -3.45. The number of nitro benzene ring substituents is 1. The number of ether oxygens (including phenoxy) is 1. The molecular weight excluding hydrogens is 317 g/mol. The number of non-ortho nitro benzene ring substituents is 1. The summed E-state index contributed by atoms with van der Waals surface area (Å²) in [5.74, 6) is -0.737. The number of halogens is 1. The van der Waals surface area contributed by atoms with Gasteiger partial charge in [-0.3, -0.25) is 10.1 Å². The molecule has 2 aliphatic heterocycles. The summed E-state index contributed by atoms with van der Waals surface area (Å²) in [6.45, 7) is 0.535. The van der Waals surface area contributed by atoms with Crippen molar-refractivity contribution in [3.05, 3.63) is 34.1 Å². The number of nitro groups is 1. The Balaban J connectivity index is 1.75. The maximum Gasteiger partial charge on any atom is 0.282 e. The fourth-order valence-corrected chi connectivity index (χ4v) is 4.47. The molecule has 10 heteroatoms. The van der Waals surface area contributed by atoms with Gasteiger partial charge in [-0.25, -0.2) is 4.39 Å². The molecule has 2 saturated heterocycles. The molecule has 0 aliphatic carbocycles. The van der Waals surface area contributed by atoms with Gasteiger partial charge in [-0.2, -0.15) is 17.0 Å². The second-order valence-corrected chi connectivity index (χ2v) is 7.38. The van der Waals surface area contributed by atoms with Crippen LogP contribution >= 0.6 is 0 Å². The highest BCUT2D eigenvalue weighted by Crippen LogP contribution is 2.32. The highest BCUT2D eigenvalue weighted by molar-refractivity contribution is 7.87. The van der Waals surface area contributed by atoms with Gasteiger partial charge in [0, 0.05) is 32.1 Å². The molecule has 0 bridgehead atoms. The second-order valence-electron chi connectivity index (χ2n) is 5.39. The molecule has 3 rings (SSSR count). The second kappa shape index (κ2) is 5.14. The lowest BCUT2D eigenvalue weighted by Crippen LogP contribution is -2.33. The molecule has 1 unspecified atom stereocenters. The van der Waals surface area contributed by atoms with E-state index in [1.165, 1.54) is 15.7 Å². The average Bonchev–Trinajstić information content (AvgIpc) is 2.88. The Bertz CT molecular complexity index is 725. The van der Waals surface area contributed by atoms with Gasteiger partial charge in [0.2, 0.25) is 0 Å². The van der Waals surface area contributed by atoms with Crippen LogP contribution in [-0.4, -0.2) is 54.2 Å². The molecule has 0 amide bonds. The van der Waals surface area contributed by atoms with E-state index < -0.39 is 32.7 Å². The number of hydrogen-bond acceptors (Lipinski definition) is 5. The Morgan fingerprint density at radius 1 is 1.36 bits per heavy atom. The van der Waals surface area contributed by atoms with Crippen LogP contribution in [0, 0.1) is 15.9 Å². The first-order chi connectivity index (χ1) is 10.3. The third kappa shape index (κ3) is 2.53. The van der Waals surface area contributed by atoms with Crippen LogP contribution in [0.15, 0.2) is 18.2 Å². The van der Waals surface area contributed by atoms with Crippen molar-refractivity contribution in [1.82, 2.24) is 8.61 Å². The van der Waals surface area contributed by atoms with E-state index >= 15 is 0 Å². The summed E-state index contributed by atoms with van der Waals surface area (Å²) < 4.78 is 45.6. The number of nitrogens with zero attached hydrogens (tertiary/aromatic N) is 3. The van der Waals surface area contributed by atoms with Crippen molar-refractivity contribution < 1.29 is 22.5 Å². The molecule has 0 aromatic heterocycles. The van der Waals surface area contributed by atoms with Crippen molar-refractivity contribution in [2.24, 2.45) is 0 Å². The lowest BCUT2D eigenvalue weighted by atomic mass is 10.2. The number of fused-ring (bicyclic) bond motifs is 1. The lowest BCUT2D eigenvalue weighted by molar-refractivity contribution is -0.385. The van der Waals surface area contributed by atoms with Gasteiger partial charge >= 0.3 is 0 Å². The fourth-order valence-electron chi connectivity index (χ4n) is 2.86. The molecule has 0 N–H and O–H groups in total. The maximum absolute atomic E-state index is 13.4. The van der Waals surface area contributed by atoms with Gasteiger partial charge in [0.25, 0.3) is 15.9 Å². The Labute approximate surface area is 126 Å². The molecule has 0 spiro atoms. The van der Waals surface area contributed by atoms with Crippen LogP contribution in [0.3, 0.4) is 0 Å². The van der Waals surface area contributed by atoms with E-state index in [2.05, 4.69) is 0 Å². The zero-order valence-corrected chi connectivity index (χ0v) is 12.5. The van der Waals surface area contributed by atoms with E-state index in [0.29, 0.717) is 13.0 Å². The van der Waals surface area contributed by atoms with Crippen LogP contribution in [0.25, 0.3) is 0 Å². The van der Waals surface area contributed by atoms with E-state index in [9.17, 15) is 22.9 Å². The van der Waals surface area contributed by atoms with Crippen molar-refractivity contribution in [2.45, 2.75) is 18.6 Å². The molecule has 2 atom stereocenters. The summed E-state index contributed by atoms with van der Waals surface area (Å²) in [5.41, 5.74) is -0.402. The van der Waals surface area contributed by atoms with Crippen LogP contribution in [0.2, 0.25) is 0 Å². The summed E-state index contributed by atoms with van der Waals surface area (Å²) in [6.07, 6.45) is 0.0170. The normalized spacial score (nSPS) is 27.7. The molecule has 2 heterocycles. The van der Waals surface area contributed by atoms with Crippen LogP contribution in [0.4, 0.5) is 10.1 Å². The molecule has 1 aromatic carbocycles. The summed E-state index contributed by atoms with van der Waals surface area (Å²) in [4.78, 5) is 10.0.